The fourth-order valence-electron chi connectivity index (χ4n) is 4.55. The molecule has 26 heavy (non-hydrogen) atoms. The van der Waals surface area contributed by atoms with Gasteiger partial charge in [-0.25, -0.2) is 0 Å². The smallest absolute Gasteiger partial charge is 0.250 e. The van der Waals surface area contributed by atoms with Crippen molar-refractivity contribution < 1.29 is 14.4 Å². The molecule has 0 bridgehead atoms. The maximum Gasteiger partial charge on any atom is 0.250 e. The number of anilines is 1. The normalized spacial score (nSPS) is 29.2. The van der Waals surface area contributed by atoms with E-state index in [1.54, 1.807) is 0 Å². The van der Waals surface area contributed by atoms with Gasteiger partial charge in [-0.05, 0) is 11.6 Å². The van der Waals surface area contributed by atoms with Crippen molar-refractivity contribution in [3.8, 4) is 0 Å². The van der Waals surface area contributed by atoms with Gasteiger partial charge in [-0.1, -0.05) is 48.5 Å². The number of nitrogens with zero attached hydrogens (tertiary/aromatic N) is 1. The summed E-state index contributed by atoms with van der Waals surface area (Å²) in [6, 6.07) is 16.8. The van der Waals surface area contributed by atoms with Gasteiger partial charge in [0.05, 0.1) is 18.4 Å². The molecule has 3 aliphatic heterocycles. The molecule has 6 heteroatoms. The Morgan fingerprint density at radius 2 is 1.69 bits per heavy atom. The zero-order chi connectivity index (χ0) is 17.9. The van der Waals surface area contributed by atoms with Crippen molar-refractivity contribution in [2.75, 3.05) is 11.9 Å². The zero-order valence-electron chi connectivity index (χ0n) is 13.9. The molecule has 0 radical (unpaired) electrons. The summed E-state index contributed by atoms with van der Waals surface area (Å²) >= 11 is 0. The number of hydrogen-bond donors (Lipinski definition) is 2. The molecule has 3 heterocycles. The van der Waals surface area contributed by atoms with Gasteiger partial charge in [0.15, 0.2) is 0 Å². The first-order valence-corrected chi connectivity index (χ1v) is 8.68. The van der Waals surface area contributed by atoms with E-state index in [4.69, 9.17) is 0 Å². The average molecular weight is 347 g/mol. The van der Waals surface area contributed by atoms with Crippen LogP contribution in [0.1, 0.15) is 11.1 Å². The number of amides is 3. The Kier molecular flexibility index (Phi) is 3.09. The van der Waals surface area contributed by atoms with Crippen LogP contribution in [0.25, 0.3) is 0 Å². The highest BCUT2D eigenvalue weighted by Crippen LogP contribution is 2.50. The molecule has 2 aromatic carbocycles. The number of carbonyl (C=O) groups is 3. The lowest BCUT2D eigenvalue weighted by molar-refractivity contribution is -0.143. The third kappa shape index (κ3) is 1.82. The molecule has 0 aromatic heterocycles. The van der Waals surface area contributed by atoms with Crippen LogP contribution in [0.3, 0.4) is 0 Å². The van der Waals surface area contributed by atoms with Crippen molar-refractivity contribution in [3.63, 3.8) is 0 Å². The maximum absolute atomic E-state index is 13.2. The van der Waals surface area contributed by atoms with Crippen molar-refractivity contribution in [1.29, 1.82) is 0 Å². The van der Waals surface area contributed by atoms with Gasteiger partial charge in [-0.15, -0.1) is 0 Å². The molecule has 3 amide bonds. The largest absolute Gasteiger partial charge is 0.324 e. The molecule has 2 fully saturated rings. The lowest BCUT2D eigenvalue weighted by atomic mass is 9.77. The van der Waals surface area contributed by atoms with Crippen LogP contribution < -0.4 is 10.6 Å². The Labute approximate surface area is 150 Å². The molecule has 5 rings (SSSR count). The highest BCUT2D eigenvalue weighted by atomic mass is 16.2. The number of fused-ring (bicyclic) bond motifs is 4. The van der Waals surface area contributed by atoms with Crippen LogP contribution in [0.5, 0.6) is 0 Å². The van der Waals surface area contributed by atoms with Crippen LogP contribution in [0.2, 0.25) is 0 Å². The monoisotopic (exact) mass is 347 g/mol. The fraction of sp³-hybridized carbons (Fsp3) is 0.250. The first kappa shape index (κ1) is 15.3. The van der Waals surface area contributed by atoms with E-state index >= 15 is 0 Å². The summed E-state index contributed by atoms with van der Waals surface area (Å²) in [5.41, 5.74) is 1.19. The predicted octanol–water partition coefficient (Wildman–Crippen LogP) is 1.24. The van der Waals surface area contributed by atoms with Gasteiger partial charge in [0.2, 0.25) is 17.7 Å². The van der Waals surface area contributed by atoms with Gasteiger partial charge in [0.25, 0.3) is 0 Å². The number of rotatable bonds is 2. The van der Waals surface area contributed by atoms with Crippen LogP contribution in [0.15, 0.2) is 54.6 Å². The third-order valence-electron chi connectivity index (χ3n) is 5.73. The summed E-state index contributed by atoms with van der Waals surface area (Å²) in [5.74, 6) is -1.95. The second-order valence-corrected chi connectivity index (χ2v) is 7.02. The molecule has 3 aliphatic rings. The Balaban J connectivity index is 1.55. The molecule has 2 N–H and O–H groups in total. The number of benzene rings is 2. The number of nitrogens with one attached hydrogen (secondary N) is 2. The minimum Gasteiger partial charge on any atom is -0.324 e. The van der Waals surface area contributed by atoms with E-state index in [2.05, 4.69) is 10.6 Å². The minimum atomic E-state index is -1.15. The van der Waals surface area contributed by atoms with E-state index in [9.17, 15) is 14.4 Å². The van der Waals surface area contributed by atoms with E-state index in [0.29, 0.717) is 12.2 Å². The molecule has 2 saturated heterocycles. The van der Waals surface area contributed by atoms with E-state index in [1.807, 2.05) is 54.6 Å². The molecular weight excluding hydrogens is 330 g/mol. The Bertz CT molecular complexity index is 942. The van der Waals surface area contributed by atoms with Gasteiger partial charge in [0.1, 0.15) is 5.54 Å². The fourth-order valence-corrected chi connectivity index (χ4v) is 4.55. The summed E-state index contributed by atoms with van der Waals surface area (Å²) in [7, 11) is 0. The molecule has 0 unspecified atom stereocenters. The molecule has 130 valence electrons. The lowest BCUT2D eigenvalue weighted by Crippen LogP contribution is -2.51. The standard InChI is InChI=1S/C20H17N3O3/c24-17-13-10-21-20(14-8-4-5-9-15(14)22-19(20)26)16(13)18(25)23(17)11-12-6-2-1-3-7-12/h1-9,13,16,21H,10-11H2,(H,22,26)/t13-,16-,20+/m1/s1. The molecule has 3 atom stereocenters. The Morgan fingerprint density at radius 3 is 2.50 bits per heavy atom. The van der Waals surface area contributed by atoms with Gasteiger partial charge in [-0.3, -0.25) is 24.6 Å². The van der Waals surface area contributed by atoms with Gasteiger partial charge in [0, 0.05) is 17.8 Å². The van der Waals surface area contributed by atoms with Crippen LogP contribution in [0.4, 0.5) is 5.69 Å². The summed E-state index contributed by atoms with van der Waals surface area (Å²) < 4.78 is 0. The number of likely N-dealkylation sites (tertiary alicyclic amines) is 1. The van der Waals surface area contributed by atoms with E-state index in [0.717, 1.165) is 11.1 Å². The second-order valence-electron chi connectivity index (χ2n) is 7.02. The summed E-state index contributed by atoms with van der Waals surface area (Å²) in [6.07, 6.45) is 0. The number of imide groups is 1. The topological polar surface area (TPSA) is 78.5 Å². The Hall–Kier alpha value is -2.99. The molecule has 0 saturated carbocycles. The van der Waals surface area contributed by atoms with Crippen molar-refractivity contribution >= 4 is 23.4 Å². The first-order valence-electron chi connectivity index (χ1n) is 8.68. The summed E-state index contributed by atoms with van der Waals surface area (Å²) in [4.78, 5) is 40.3. The van der Waals surface area contributed by atoms with Crippen LogP contribution in [0, 0.1) is 11.8 Å². The molecule has 6 nitrogen and oxygen atoms in total. The quantitative estimate of drug-likeness (QED) is 0.801. The molecule has 0 aliphatic carbocycles. The summed E-state index contributed by atoms with van der Waals surface area (Å²) in [6.45, 7) is 0.563. The highest BCUT2D eigenvalue weighted by Gasteiger charge is 2.67. The van der Waals surface area contributed by atoms with Crippen LogP contribution in [-0.4, -0.2) is 29.2 Å². The number of hydrogen-bond acceptors (Lipinski definition) is 4. The molecule has 2 aromatic rings. The molecular formula is C20H17N3O3. The predicted molar refractivity (Wildman–Crippen MR) is 93.7 cm³/mol. The summed E-state index contributed by atoms with van der Waals surface area (Å²) in [5, 5.41) is 6.06. The third-order valence-corrected chi connectivity index (χ3v) is 5.73. The van der Waals surface area contributed by atoms with E-state index < -0.39 is 17.4 Å². The van der Waals surface area contributed by atoms with Gasteiger partial charge < -0.3 is 5.32 Å². The van der Waals surface area contributed by atoms with Crippen molar-refractivity contribution in [2.45, 2.75) is 12.1 Å². The SMILES string of the molecule is O=C1[C@@H]2CN[C@]3(C(=O)Nc4ccccc43)[C@H]2C(=O)N1Cc1ccccc1. The maximum atomic E-state index is 13.2. The average Bonchev–Trinajstić information content (AvgIpc) is 3.26. The molecule has 1 spiro atoms. The van der Waals surface area contributed by atoms with Crippen LogP contribution in [-0.2, 0) is 26.5 Å². The van der Waals surface area contributed by atoms with E-state index in [1.165, 1.54) is 4.90 Å². The van der Waals surface area contributed by atoms with Crippen molar-refractivity contribution in [1.82, 2.24) is 10.2 Å². The minimum absolute atomic E-state index is 0.203. The number of para-hydroxylation sites is 1. The van der Waals surface area contributed by atoms with E-state index in [-0.39, 0.29) is 24.3 Å². The number of carbonyl (C=O) groups excluding carboxylic acids is 3. The first-order chi connectivity index (χ1) is 12.6. The van der Waals surface area contributed by atoms with Gasteiger partial charge >= 0.3 is 0 Å². The lowest BCUT2D eigenvalue weighted by Gasteiger charge is -2.28. The Morgan fingerprint density at radius 1 is 0.962 bits per heavy atom. The van der Waals surface area contributed by atoms with Crippen molar-refractivity contribution in [3.05, 3.63) is 65.7 Å². The van der Waals surface area contributed by atoms with Crippen molar-refractivity contribution in [2.24, 2.45) is 11.8 Å². The van der Waals surface area contributed by atoms with Crippen LogP contribution >= 0.6 is 0 Å². The highest BCUT2D eigenvalue weighted by molar-refractivity contribution is 6.14. The van der Waals surface area contributed by atoms with Gasteiger partial charge in [-0.2, -0.15) is 0 Å². The zero-order valence-corrected chi connectivity index (χ0v) is 13.9. The second kappa shape index (κ2) is 5.25.